The van der Waals surface area contributed by atoms with Gasteiger partial charge >= 0.3 is 0 Å². The van der Waals surface area contributed by atoms with E-state index in [9.17, 15) is 9.90 Å². The van der Waals surface area contributed by atoms with Crippen LogP contribution in [0.3, 0.4) is 0 Å². The highest BCUT2D eigenvalue weighted by atomic mass is 16.3. The minimum atomic E-state index is -0.495. The molecule has 2 N–H and O–H groups in total. The van der Waals surface area contributed by atoms with E-state index in [2.05, 4.69) is 5.32 Å². The summed E-state index contributed by atoms with van der Waals surface area (Å²) in [6.45, 7) is 4.48. The van der Waals surface area contributed by atoms with E-state index >= 15 is 0 Å². The Balaban J connectivity index is 2.32. The Labute approximate surface area is 101 Å². The average Bonchev–Trinajstić information content (AvgIpc) is 2.28. The summed E-state index contributed by atoms with van der Waals surface area (Å²) in [6.07, 6.45) is 0. The lowest BCUT2D eigenvalue weighted by atomic mass is 9.97. The number of piperazine rings is 1. The number of aliphatic hydroxyl groups excluding tert-OH is 1. The zero-order valence-electron chi connectivity index (χ0n) is 10.2. The first-order chi connectivity index (χ1) is 8.03. The highest BCUT2D eigenvalue weighted by molar-refractivity contribution is 5.87. The molecule has 0 aromatic heterocycles. The maximum atomic E-state index is 11.9. The number of carbonyl (C=O) groups excluding carboxylic acids is 1. The van der Waals surface area contributed by atoms with Crippen LogP contribution < -0.4 is 10.2 Å². The summed E-state index contributed by atoms with van der Waals surface area (Å²) >= 11 is 0. The molecule has 2 rings (SSSR count). The lowest BCUT2D eigenvalue weighted by Gasteiger charge is -2.44. The summed E-state index contributed by atoms with van der Waals surface area (Å²) in [6, 6.07) is 9.22. The first-order valence-electron chi connectivity index (χ1n) is 5.78. The van der Waals surface area contributed by atoms with E-state index in [1.165, 1.54) is 0 Å². The van der Waals surface area contributed by atoms with Crippen LogP contribution >= 0.6 is 0 Å². The van der Waals surface area contributed by atoms with Gasteiger partial charge in [0.1, 0.15) is 6.04 Å². The van der Waals surface area contributed by atoms with E-state index in [1.54, 1.807) is 0 Å². The van der Waals surface area contributed by atoms with Gasteiger partial charge in [-0.3, -0.25) is 4.79 Å². The number of aliphatic hydroxyl groups is 1. The molecular weight excluding hydrogens is 216 g/mol. The lowest BCUT2D eigenvalue weighted by molar-refractivity contribution is -0.126. The fraction of sp³-hybridized carbons (Fsp3) is 0.462. The molecule has 0 saturated carbocycles. The van der Waals surface area contributed by atoms with Gasteiger partial charge in [0.15, 0.2) is 0 Å². The third kappa shape index (κ3) is 2.42. The molecule has 1 aliphatic heterocycles. The summed E-state index contributed by atoms with van der Waals surface area (Å²) in [5, 5.41) is 12.3. The van der Waals surface area contributed by atoms with Crippen molar-refractivity contribution >= 4 is 11.6 Å². The van der Waals surface area contributed by atoms with Crippen molar-refractivity contribution in [3.63, 3.8) is 0 Å². The first-order valence-corrected chi connectivity index (χ1v) is 5.78. The molecule has 92 valence electrons. The van der Waals surface area contributed by atoms with Crippen molar-refractivity contribution in [2.24, 2.45) is 0 Å². The summed E-state index contributed by atoms with van der Waals surface area (Å²) in [7, 11) is 0. The Morgan fingerprint density at radius 3 is 2.65 bits per heavy atom. The van der Waals surface area contributed by atoms with E-state index < -0.39 is 6.04 Å². The minimum Gasteiger partial charge on any atom is -0.394 e. The van der Waals surface area contributed by atoms with Crippen LogP contribution in [0.2, 0.25) is 0 Å². The van der Waals surface area contributed by atoms with Gasteiger partial charge in [-0.1, -0.05) is 18.2 Å². The second-order valence-corrected chi connectivity index (χ2v) is 5.03. The van der Waals surface area contributed by atoms with E-state index in [1.807, 2.05) is 49.1 Å². The molecule has 1 saturated heterocycles. The van der Waals surface area contributed by atoms with Crippen LogP contribution in [0.15, 0.2) is 30.3 Å². The van der Waals surface area contributed by atoms with Crippen LogP contribution in [0.5, 0.6) is 0 Å². The van der Waals surface area contributed by atoms with E-state index in [0.29, 0.717) is 6.54 Å². The van der Waals surface area contributed by atoms with Gasteiger partial charge < -0.3 is 15.3 Å². The Morgan fingerprint density at radius 2 is 2.06 bits per heavy atom. The zero-order valence-corrected chi connectivity index (χ0v) is 10.2. The van der Waals surface area contributed by atoms with Gasteiger partial charge in [-0.15, -0.1) is 0 Å². The summed E-state index contributed by atoms with van der Waals surface area (Å²) in [5.41, 5.74) is 0.688. The largest absolute Gasteiger partial charge is 0.394 e. The molecule has 0 aliphatic carbocycles. The molecule has 0 radical (unpaired) electrons. The highest BCUT2D eigenvalue weighted by Crippen LogP contribution is 2.23. The fourth-order valence-corrected chi connectivity index (χ4v) is 2.21. The Morgan fingerprint density at radius 1 is 1.41 bits per heavy atom. The Bertz CT molecular complexity index is 403. The molecule has 1 aromatic carbocycles. The number of carbonyl (C=O) groups is 1. The SMILES string of the molecule is CC1(C)CN(c2ccccc2)C(CO)C(=O)N1. The molecule has 1 atom stereocenters. The van der Waals surface area contributed by atoms with Crippen LogP contribution in [0.4, 0.5) is 5.69 Å². The van der Waals surface area contributed by atoms with Gasteiger partial charge in [0.2, 0.25) is 5.91 Å². The normalized spacial score (nSPS) is 23.4. The molecule has 4 heteroatoms. The lowest BCUT2D eigenvalue weighted by Crippen LogP contribution is -2.66. The highest BCUT2D eigenvalue weighted by Gasteiger charge is 2.37. The summed E-state index contributed by atoms with van der Waals surface area (Å²) in [4.78, 5) is 13.9. The molecular formula is C13H18N2O2. The van der Waals surface area contributed by atoms with E-state index in [4.69, 9.17) is 0 Å². The number of nitrogens with one attached hydrogen (secondary N) is 1. The second kappa shape index (κ2) is 4.37. The topological polar surface area (TPSA) is 52.6 Å². The van der Waals surface area contributed by atoms with Crippen molar-refractivity contribution in [2.75, 3.05) is 18.1 Å². The van der Waals surface area contributed by atoms with Crippen molar-refractivity contribution in [1.29, 1.82) is 0 Å². The quantitative estimate of drug-likeness (QED) is 0.794. The predicted octanol–water partition coefficient (Wildman–Crippen LogP) is 0.762. The molecule has 1 aliphatic rings. The number of benzene rings is 1. The average molecular weight is 234 g/mol. The van der Waals surface area contributed by atoms with Crippen molar-refractivity contribution in [3.8, 4) is 0 Å². The number of para-hydroxylation sites is 1. The number of rotatable bonds is 2. The maximum absolute atomic E-state index is 11.9. The zero-order chi connectivity index (χ0) is 12.5. The van der Waals surface area contributed by atoms with Gasteiger partial charge in [-0.2, -0.15) is 0 Å². The first kappa shape index (κ1) is 11.9. The van der Waals surface area contributed by atoms with Crippen molar-refractivity contribution in [2.45, 2.75) is 25.4 Å². The van der Waals surface area contributed by atoms with Gasteiger partial charge in [-0.25, -0.2) is 0 Å². The van der Waals surface area contributed by atoms with Crippen molar-refractivity contribution in [1.82, 2.24) is 5.32 Å². The number of amides is 1. The van der Waals surface area contributed by atoms with Crippen LogP contribution in [-0.4, -0.2) is 35.7 Å². The standard InChI is InChI=1S/C13H18N2O2/c1-13(2)9-15(10-6-4-3-5-7-10)11(8-16)12(17)14-13/h3-7,11,16H,8-9H2,1-2H3,(H,14,17). The summed E-state index contributed by atoms with van der Waals surface area (Å²) < 4.78 is 0. The molecule has 1 heterocycles. The number of anilines is 1. The van der Waals surface area contributed by atoms with Gasteiger partial charge in [0, 0.05) is 12.2 Å². The van der Waals surface area contributed by atoms with Gasteiger partial charge in [0.25, 0.3) is 0 Å². The minimum absolute atomic E-state index is 0.118. The fourth-order valence-electron chi connectivity index (χ4n) is 2.21. The molecule has 1 amide bonds. The van der Waals surface area contributed by atoms with E-state index in [-0.39, 0.29) is 18.1 Å². The molecule has 4 nitrogen and oxygen atoms in total. The Kier molecular flexibility index (Phi) is 3.07. The molecule has 1 unspecified atom stereocenters. The Hall–Kier alpha value is -1.55. The number of nitrogens with zero attached hydrogens (tertiary/aromatic N) is 1. The van der Waals surface area contributed by atoms with Crippen LogP contribution in [-0.2, 0) is 4.79 Å². The van der Waals surface area contributed by atoms with Crippen LogP contribution in [0.1, 0.15) is 13.8 Å². The predicted molar refractivity (Wildman–Crippen MR) is 66.9 cm³/mol. The third-order valence-corrected chi connectivity index (χ3v) is 2.97. The van der Waals surface area contributed by atoms with Gasteiger partial charge in [0.05, 0.1) is 12.1 Å². The smallest absolute Gasteiger partial charge is 0.245 e. The van der Waals surface area contributed by atoms with E-state index in [0.717, 1.165) is 5.69 Å². The monoisotopic (exact) mass is 234 g/mol. The van der Waals surface area contributed by atoms with Crippen molar-refractivity contribution < 1.29 is 9.90 Å². The molecule has 17 heavy (non-hydrogen) atoms. The number of hydrogen-bond acceptors (Lipinski definition) is 3. The van der Waals surface area contributed by atoms with Gasteiger partial charge in [-0.05, 0) is 26.0 Å². The second-order valence-electron chi connectivity index (χ2n) is 5.03. The molecule has 1 aromatic rings. The molecule has 0 spiro atoms. The summed E-state index contributed by atoms with van der Waals surface area (Å²) in [5.74, 6) is -0.118. The molecule has 0 bridgehead atoms. The van der Waals surface area contributed by atoms with Crippen LogP contribution in [0, 0.1) is 0 Å². The molecule has 1 fully saturated rings. The maximum Gasteiger partial charge on any atom is 0.245 e. The number of hydrogen-bond donors (Lipinski definition) is 2. The van der Waals surface area contributed by atoms with Crippen LogP contribution in [0.25, 0.3) is 0 Å². The third-order valence-electron chi connectivity index (χ3n) is 2.97. The van der Waals surface area contributed by atoms with Crippen molar-refractivity contribution in [3.05, 3.63) is 30.3 Å².